The van der Waals surface area contributed by atoms with Crippen LogP contribution in [0.25, 0.3) is 10.2 Å². The van der Waals surface area contributed by atoms with Crippen molar-refractivity contribution in [2.45, 2.75) is 56.5 Å². The summed E-state index contributed by atoms with van der Waals surface area (Å²) in [6.45, 7) is 2.48. The minimum absolute atomic E-state index is 0.0277. The Kier molecular flexibility index (Phi) is 7.83. The standard InChI is InChI=1S/C28H31N3O5S2/c1-3-31(21-9-5-4-6-10-21)38(33,34)23-16-14-20(15-17-23)27(32)30(19-22-11-8-18-36-22)28-29-26-24(35-2)12-7-13-25(26)37-28/h7-8,11-18,21H,3-6,9-10,19H2,1-2H3. The second kappa shape index (κ2) is 11.3. The largest absolute Gasteiger partial charge is 0.494 e. The number of carbonyl (C=O) groups excluding carboxylic acids is 1. The molecule has 2 heterocycles. The van der Waals surface area contributed by atoms with Gasteiger partial charge < -0.3 is 9.15 Å². The van der Waals surface area contributed by atoms with E-state index >= 15 is 0 Å². The number of thiazole rings is 1. The molecule has 2 aromatic carbocycles. The van der Waals surface area contributed by atoms with Gasteiger partial charge in [-0.25, -0.2) is 13.4 Å². The van der Waals surface area contributed by atoms with Crippen molar-refractivity contribution in [3.63, 3.8) is 0 Å². The van der Waals surface area contributed by atoms with Gasteiger partial charge in [0.2, 0.25) is 10.0 Å². The van der Waals surface area contributed by atoms with E-state index < -0.39 is 10.0 Å². The number of benzene rings is 2. The number of furan rings is 1. The van der Waals surface area contributed by atoms with Crippen molar-refractivity contribution in [3.8, 4) is 5.75 Å². The molecule has 200 valence electrons. The molecule has 0 saturated heterocycles. The highest BCUT2D eigenvalue weighted by molar-refractivity contribution is 7.89. The van der Waals surface area contributed by atoms with Crippen LogP contribution in [0.3, 0.4) is 0 Å². The summed E-state index contributed by atoms with van der Waals surface area (Å²) in [6.07, 6.45) is 6.59. The maximum atomic E-state index is 13.8. The molecule has 4 aromatic rings. The van der Waals surface area contributed by atoms with Gasteiger partial charge in [-0.2, -0.15) is 4.31 Å². The number of rotatable bonds is 9. The zero-order chi connectivity index (χ0) is 26.7. The number of hydrogen-bond acceptors (Lipinski definition) is 7. The number of nitrogens with zero attached hydrogens (tertiary/aromatic N) is 3. The zero-order valence-corrected chi connectivity index (χ0v) is 23.1. The van der Waals surface area contributed by atoms with Crippen LogP contribution < -0.4 is 9.64 Å². The molecule has 0 unspecified atom stereocenters. The van der Waals surface area contributed by atoms with Gasteiger partial charge >= 0.3 is 0 Å². The third kappa shape index (κ3) is 5.21. The summed E-state index contributed by atoms with van der Waals surface area (Å²) in [6, 6.07) is 15.4. The summed E-state index contributed by atoms with van der Waals surface area (Å²) in [5.74, 6) is 0.932. The molecule has 10 heteroatoms. The monoisotopic (exact) mass is 553 g/mol. The van der Waals surface area contributed by atoms with Gasteiger partial charge in [0, 0.05) is 18.2 Å². The second-order valence-electron chi connectivity index (χ2n) is 9.30. The van der Waals surface area contributed by atoms with E-state index in [2.05, 4.69) is 0 Å². The Morgan fingerprint density at radius 3 is 2.50 bits per heavy atom. The van der Waals surface area contributed by atoms with Crippen molar-refractivity contribution in [1.82, 2.24) is 9.29 Å². The zero-order valence-electron chi connectivity index (χ0n) is 21.5. The minimum atomic E-state index is -3.66. The van der Waals surface area contributed by atoms with E-state index in [1.807, 2.05) is 25.1 Å². The smallest absolute Gasteiger partial charge is 0.260 e. The minimum Gasteiger partial charge on any atom is -0.494 e. The molecule has 1 saturated carbocycles. The van der Waals surface area contributed by atoms with Crippen LogP contribution in [0.2, 0.25) is 0 Å². The maximum Gasteiger partial charge on any atom is 0.260 e. The number of hydrogen-bond donors (Lipinski definition) is 0. The Morgan fingerprint density at radius 1 is 1.08 bits per heavy atom. The fraction of sp³-hybridized carbons (Fsp3) is 0.357. The highest BCUT2D eigenvalue weighted by Crippen LogP contribution is 2.35. The third-order valence-electron chi connectivity index (χ3n) is 6.96. The van der Waals surface area contributed by atoms with Gasteiger partial charge in [0.25, 0.3) is 5.91 Å². The Hall–Kier alpha value is -3.21. The first-order chi connectivity index (χ1) is 18.4. The van der Waals surface area contributed by atoms with Crippen LogP contribution in [0.15, 0.2) is 70.2 Å². The molecule has 1 amide bonds. The molecular formula is C28H31N3O5S2. The van der Waals surface area contributed by atoms with Crippen molar-refractivity contribution in [3.05, 3.63) is 72.2 Å². The van der Waals surface area contributed by atoms with Crippen LogP contribution in [-0.4, -0.2) is 43.3 Å². The molecule has 0 aliphatic heterocycles. The van der Waals surface area contributed by atoms with E-state index in [1.54, 1.807) is 46.8 Å². The van der Waals surface area contributed by atoms with Crippen molar-refractivity contribution in [2.75, 3.05) is 18.6 Å². The van der Waals surface area contributed by atoms with Gasteiger partial charge in [0.05, 0.1) is 29.5 Å². The number of sulfonamides is 1. The number of ether oxygens (including phenoxy) is 1. The van der Waals surface area contributed by atoms with Gasteiger partial charge in [-0.15, -0.1) is 0 Å². The molecule has 0 bridgehead atoms. The van der Waals surface area contributed by atoms with Gasteiger partial charge in [-0.05, 0) is 61.4 Å². The first kappa shape index (κ1) is 26.4. The van der Waals surface area contributed by atoms with Crippen LogP contribution in [-0.2, 0) is 16.6 Å². The molecule has 2 aromatic heterocycles. The molecular weight excluding hydrogens is 522 g/mol. The molecule has 0 radical (unpaired) electrons. The molecule has 0 atom stereocenters. The third-order valence-corrected chi connectivity index (χ3v) is 10.0. The normalized spacial score (nSPS) is 14.7. The second-order valence-corrected chi connectivity index (χ2v) is 12.2. The highest BCUT2D eigenvalue weighted by Gasteiger charge is 2.31. The number of carbonyl (C=O) groups is 1. The lowest BCUT2D eigenvalue weighted by atomic mass is 9.95. The number of fused-ring (bicyclic) bond motifs is 1. The predicted molar refractivity (Wildman–Crippen MR) is 148 cm³/mol. The topological polar surface area (TPSA) is 93.0 Å². The van der Waals surface area contributed by atoms with Crippen LogP contribution in [0.5, 0.6) is 5.75 Å². The van der Waals surface area contributed by atoms with Gasteiger partial charge in [-0.3, -0.25) is 9.69 Å². The van der Waals surface area contributed by atoms with Crippen LogP contribution in [0.4, 0.5) is 5.13 Å². The Labute approximate surface area is 226 Å². The van der Waals surface area contributed by atoms with Gasteiger partial charge in [-0.1, -0.05) is 43.6 Å². The Bertz CT molecular complexity index is 1490. The Balaban J connectivity index is 1.45. The van der Waals surface area contributed by atoms with Crippen LogP contribution in [0.1, 0.15) is 55.1 Å². The lowest BCUT2D eigenvalue weighted by molar-refractivity contribution is 0.0983. The molecule has 0 spiro atoms. The predicted octanol–water partition coefficient (Wildman–Crippen LogP) is 6.09. The first-order valence-corrected chi connectivity index (χ1v) is 15.1. The van der Waals surface area contributed by atoms with Crippen LogP contribution in [0, 0.1) is 0 Å². The molecule has 1 aliphatic carbocycles. The summed E-state index contributed by atoms with van der Waals surface area (Å²) in [4.78, 5) is 20.2. The van der Waals surface area contributed by atoms with E-state index in [9.17, 15) is 13.2 Å². The van der Waals surface area contributed by atoms with E-state index in [0.717, 1.165) is 36.8 Å². The number of amides is 1. The molecule has 5 rings (SSSR count). The van der Waals surface area contributed by atoms with E-state index in [4.69, 9.17) is 14.1 Å². The van der Waals surface area contributed by atoms with Crippen molar-refractivity contribution < 1.29 is 22.4 Å². The molecule has 1 fully saturated rings. The lowest BCUT2D eigenvalue weighted by Gasteiger charge is -2.32. The van der Waals surface area contributed by atoms with Crippen LogP contribution >= 0.6 is 11.3 Å². The van der Waals surface area contributed by atoms with Crippen molar-refractivity contribution in [2.24, 2.45) is 0 Å². The average molecular weight is 554 g/mol. The lowest BCUT2D eigenvalue weighted by Crippen LogP contribution is -2.41. The van der Waals surface area contributed by atoms with Crippen molar-refractivity contribution in [1.29, 1.82) is 0 Å². The Morgan fingerprint density at radius 2 is 1.84 bits per heavy atom. The highest BCUT2D eigenvalue weighted by atomic mass is 32.2. The summed E-state index contributed by atoms with van der Waals surface area (Å²) in [7, 11) is -2.08. The summed E-state index contributed by atoms with van der Waals surface area (Å²) >= 11 is 1.38. The number of anilines is 1. The number of methoxy groups -OCH3 is 1. The summed E-state index contributed by atoms with van der Waals surface area (Å²) < 4.78 is 40.4. The fourth-order valence-electron chi connectivity index (χ4n) is 5.03. The maximum absolute atomic E-state index is 13.8. The van der Waals surface area contributed by atoms with Gasteiger partial charge in [0.15, 0.2) is 5.13 Å². The molecule has 38 heavy (non-hydrogen) atoms. The van der Waals surface area contributed by atoms with E-state index in [0.29, 0.717) is 34.3 Å². The molecule has 0 N–H and O–H groups in total. The molecule has 8 nitrogen and oxygen atoms in total. The number of para-hydroxylation sites is 1. The van der Waals surface area contributed by atoms with E-state index in [-0.39, 0.29) is 23.4 Å². The van der Waals surface area contributed by atoms with E-state index in [1.165, 1.54) is 23.5 Å². The summed E-state index contributed by atoms with van der Waals surface area (Å²) in [5, 5.41) is 0.497. The quantitative estimate of drug-likeness (QED) is 0.249. The average Bonchev–Trinajstić information content (AvgIpc) is 3.62. The van der Waals surface area contributed by atoms with Gasteiger partial charge in [0.1, 0.15) is 17.0 Å². The SMILES string of the molecule is CCN(C1CCCCC1)S(=O)(=O)c1ccc(C(=O)N(Cc2ccco2)c2nc3c(OC)cccc3s2)cc1. The van der Waals surface area contributed by atoms with Crippen molar-refractivity contribution >= 4 is 42.6 Å². The fourth-order valence-corrected chi connectivity index (χ4v) is 7.71. The molecule has 1 aliphatic rings. The number of aromatic nitrogens is 1. The first-order valence-electron chi connectivity index (χ1n) is 12.8. The summed E-state index contributed by atoms with van der Waals surface area (Å²) in [5.41, 5.74) is 1.04.